The molecule has 5 rings (SSSR count). The van der Waals surface area contributed by atoms with E-state index in [-0.39, 0.29) is 11.7 Å². The van der Waals surface area contributed by atoms with Crippen molar-refractivity contribution in [2.75, 3.05) is 18.8 Å². The smallest absolute Gasteiger partial charge is 0.212 e. The van der Waals surface area contributed by atoms with E-state index in [1.54, 1.807) is 4.31 Å². The van der Waals surface area contributed by atoms with Gasteiger partial charge in [-0.1, -0.05) is 30.3 Å². The zero-order chi connectivity index (χ0) is 19.8. The fraction of sp³-hybridized carbons (Fsp3) is 0.476. The molecule has 152 valence electrons. The molecule has 1 saturated carbocycles. The third-order valence-electron chi connectivity index (χ3n) is 6.01. The van der Waals surface area contributed by atoms with Gasteiger partial charge in [0.25, 0.3) is 0 Å². The highest BCUT2D eigenvalue weighted by Gasteiger charge is 2.31. The van der Waals surface area contributed by atoms with Gasteiger partial charge in [0, 0.05) is 24.9 Å². The Bertz CT molecular complexity index is 1100. The number of rotatable bonds is 6. The predicted molar refractivity (Wildman–Crippen MR) is 110 cm³/mol. The van der Waals surface area contributed by atoms with Crippen LogP contribution in [0.3, 0.4) is 0 Å². The van der Waals surface area contributed by atoms with Crippen LogP contribution in [0.4, 0.5) is 0 Å². The number of piperidine rings is 1. The van der Waals surface area contributed by atoms with Crippen molar-refractivity contribution < 1.29 is 8.42 Å². The Balaban J connectivity index is 1.25. The highest BCUT2D eigenvalue weighted by molar-refractivity contribution is 7.89. The second kappa shape index (κ2) is 7.50. The second-order valence-corrected chi connectivity index (χ2v) is 10.2. The molecule has 7 nitrogen and oxygen atoms in total. The molecule has 0 radical (unpaired) electrons. The molecule has 1 aliphatic carbocycles. The first-order chi connectivity index (χ1) is 14.1. The minimum Gasteiger partial charge on any atom is -0.212 e. The Kier molecular flexibility index (Phi) is 4.83. The maximum Gasteiger partial charge on any atom is 0.214 e. The largest absolute Gasteiger partial charge is 0.214 e. The number of benzene rings is 1. The van der Waals surface area contributed by atoms with E-state index in [9.17, 15) is 8.42 Å². The van der Waals surface area contributed by atoms with E-state index in [1.165, 1.54) is 12.8 Å². The van der Waals surface area contributed by atoms with Crippen molar-refractivity contribution in [3.63, 3.8) is 0 Å². The summed E-state index contributed by atoms with van der Waals surface area (Å²) >= 11 is 0. The first-order valence-corrected chi connectivity index (χ1v) is 11.9. The molecule has 0 unspecified atom stereocenters. The lowest BCUT2D eigenvalue weighted by Gasteiger charge is -2.30. The molecule has 0 N–H and O–H groups in total. The van der Waals surface area contributed by atoms with Gasteiger partial charge >= 0.3 is 0 Å². The SMILES string of the molecule is O=S(=O)(CCc1ccccc1)N1CCC(c2nnc3ccc(C4CC4)nn23)CC1. The number of nitrogens with zero attached hydrogens (tertiary/aromatic N) is 5. The van der Waals surface area contributed by atoms with Crippen molar-refractivity contribution in [2.45, 2.75) is 43.9 Å². The predicted octanol–water partition coefficient (Wildman–Crippen LogP) is 2.75. The number of aryl methyl sites for hydroxylation is 1. The minimum absolute atomic E-state index is 0.155. The quantitative estimate of drug-likeness (QED) is 0.623. The van der Waals surface area contributed by atoms with Crippen LogP contribution in [0.15, 0.2) is 42.5 Å². The summed E-state index contributed by atoms with van der Waals surface area (Å²) in [5, 5.41) is 13.4. The van der Waals surface area contributed by atoms with Crippen molar-refractivity contribution in [3.8, 4) is 0 Å². The molecule has 3 aromatic rings. The highest BCUT2D eigenvalue weighted by Crippen LogP contribution is 2.39. The van der Waals surface area contributed by atoms with Gasteiger partial charge in [-0.2, -0.15) is 9.61 Å². The van der Waals surface area contributed by atoms with E-state index in [2.05, 4.69) is 10.2 Å². The first-order valence-electron chi connectivity index (χ1n) is 10.3. The first kappa shape index (κ1) is 18.7. The summed E-state index contributed by atoms with van der Waals surface area (Å²) in [5.41, 5.74) is 2.93. The number of hydrogen-bond acceptors (Lipinski definition) is 5. The normalized spacial score (nSPS) is 19.0. The Morgan fingerprint density at radius 1 is 0.897 bits per heavy atom. The summed E-state index contributed by atoms with van der Waals surface area (Å²) < 4.78 is 29.1. The molecule has 1 aromatic carbocycles. The minimum atomic E-state index is -3.25. The molecule has 0 bridgehead atoms. The zero-order valence-corrected chi connectivity index (χ0v) is 17.1. The lowest BCUT2D eigenvalue weighted by Crippen LogP contribution is -2.39. The zero-order valence-electron chi connectivity index (χ0n) is 16.3. The van der Waals surface area contributed by atoms with Gasteiger partial charge in [-0.05, 0) is 49.8 Å². The van der Waals surface area contributed by atoms with Crippen molar-refractivity contribution in [1.29, 1.82) is 0 Å². The molecule has 0 amide bonds. The Morgan fingerprint density at radius 2 is 1.66 bits per heavy atom. The lowest BCUT2D eigenvalue weighted by molar-refractivity contribution is 0.311. The van der Waals surface area contributed by atoms with Crippen molar-refractivity contribution >= 4 is 15.7 Å². The summed E-state index contributed by atoms with van der Waals surface area (Å²) in [4.78, 5) is 0. The third-order valence-corrected chi connectivity index (χ3v) is 7.88. The van der Waals surface area contributed by atoms with E-state index in [4.69, 9.17) is 5.10 Å². The summed E-state index contributed by atoms with van der Waals surface area (Å²) in [7, 11) is -3.25. The Labute approximate surface area is 170 Å². The topological polar surface area (TPSA) is 80.5 Å². The average molecular weight is 412 g/mol. The summed E-state index contributed by atoms with van der Waals surface area (Å²) in [5.74, 6) is 1.78. The summed E-state index contributed by atoms with van der Waals surface area (Å²) in [6, 6.07) is 13.8. The van der Waals surface area contributed by atoms with Crippen LogP contribution in [0.2, 0.25) is 0 Å². The van der Waals surface area contributed by atoms with Gasteiger partial charge in [0.15, 0.2) is 11.5 Å². The standard InChI is InChI=1S/C21H25N5O2S/c27-29(28,15-12-16-4-2-1-3-5-16)25-13-10-18(11-14-25)21-23-22-20-9-8-19(17-6-7-17)24-26(20)21/h1-5,8-9,17-18H,6-7,10-15H2. The molecule has 0 spiro atoms. The molecule has 2 aliphatic rings. The van der Waals surface area contributed by atoms with Gasteiger partial charge in [0.2, 0.25) is 10.0 Å². The Morgan fingerprint density at radius 3 is 2.38 bits per heavy atom. The fourth-order valence-corrected chi connectivity index (χ4v) is 5.60. The van der Waals surface area contributed by atoms with E-state index in [0.29, 0.717) is 25.4 Å². The van der Waals surface area contributed by atoms with Crippen LogP contribution in [0.5, 0.6) is 0 Å². The highest BCUT2D eigenvalue weighted by atomic mass is 32.2. The molecule has 1 aliphatic heterocycles. The van der Waals surface area contributed by atoms with Gasteiger partial charge < -0.3 is 0 Å². The summed E-state index contributed by atoms with van der Waals surface area (Å²) in [6.45, 7) is 1.05. The van der Waals surface area contributed by atoms with Crippen molar-refractivity contribution in [3.05, 3.63) is 59.5 Å². The maximum absolute atomic E-state index is 12.8. The van der Waals surface area contributed by atoms with Crippen LogP contribution < -0.4 is 0 Å². The fourth-order valence-electron chi connectivity index (χ4n) is 4.08. The van der Waals surface area contributed by atoms with Crippen LogP contribution in [-0.4, -0.2) is 51.4 Å². The molecule has 29 heavy (non-hydrogen) atoms. The number of aromatic nitrogens is 4. The van der Waals surface area contributed by atoms with Crippen LogP contribution in [-0.2, 0) is 16.4 Å². The maximum atomic E-state index is 12.8. The van der Waals surface area contributed by atoms with E-state index in [0.717, 1.165) is 35.6 Å². The molecule has 0 atom stereocenters. The molecule has 8 heteroatoms. The van der Waals surface area contributed by atoms with E-state index >= 15 is 0 Å². The van der Waals surface area contributed by atoms with Gasteiger partial charge in [0.05, 0.1) is 11.4 Å². The van der Waals surface area contributed by atoms with E-state index < -0.39 is 10.0 Å². The summed E-state index contributed by atoms with van der Waals surface area (Å²) in [6.07, 6.45) is 4.46. The molecule has 3 heterocycles. The average Bonchev–Trinajstić information content (AvgIpc) is 3.52. The van der Waals surface area contributed by atoms with Crippen molar-refractivity contribution in [2.24, 2.45) is 0 Å². The monoisotopic (exact) mass is 411 g/mol. The number of hydrogen-bond donors (Lipinski definition) is 0. The lowest BCUT2D eigenvalue weighted by atomic mass is 9.97. The van der Waals surface area contributed by atoms with Crippen LogP contribution in [0.25, 0.3) is 5.65 Å². The number of fused-ring (bicyclic) bond motifs is 1. The van der Waals surface area contributed by atoms with Crippen LogP contribution in [0, 0.1) is 0 Å². The Hall–Kier alpha value is -2.32. The molecular formula is C21H25N5O2S. The van der Waals surface area contributed by atoms with Gasteiger partial charge in [-0.3, -0.25) is 0 Å². The third kappa shape index (κ3) is 3.91. The van der Waals surface area contributed by atoms with Gasteiger partial charge in [-0.15, -0.1) is 10.2 Å². The van der Waals surface area contributed by atoms with E-state index in [1.807, 2.05) is 47.0 Å². The molecule has 2 aromatic heterocycles. The van der Waals surface area contributed by atoms with Gasteiger partial charge in [-0.25, -0.2) is 12.7 Å². The van der Waals surface area contributed by atoms with Crippen molar-refractivity contribution in [1.82, 2.24) is 24.1 Å². The van der Waals surface area contributed by atoms with Crippen LogP contribution in [0.1, 0.15) is 54.6 Å². The second-order valence-electron chi connectivity index (χ2n) is 8.09. The molecule has 1 saturated heterocycles. The molecular weight excluding hydrogens is 386 g/mol. The van der Waals surface area contributed by atoms with Gasteiger partial charge in [0.1, 0.15) is 0 Å². The number of sulfonamides is 1. The van der Waals surface area contributed by atoms with Crippen LogP contribution >= 0.6 is 0 Å². The molecule has 2 fully saturated rings.